The molecule has 3 rings (SSSR count). The Hall–Kier alpha value is -1.81. The van der Waals surface area contributed by atoms with Crippen molar-refractivity contribution in [2.45, 2.75) is 51.7 Å². The minimum Gasteiger partial charge on any atom is -0.459 e. The van der Waals surface area contributed by atoms with Gasteiger partial charge in [-0.2, -0.15) is 5.10 Å². The topological polar surface area (TPSA) is 44.1 Å². The number of carbonyl (C=O) groups is 1. The first-order valence-electron chi connectivity index (χ1n) is 8.13. The van der Waals surface area contributed by atoms with Crippen LogP contribution in [-0.4, -0.2) is 21.9 Å². The molecule has 0 radical (unpaired) electrons. The summed E-state index contributed by atoms with van der Waals surface area (Å²) in [5, 5.41) is 4.76. The van der Waals surface area contributed by atoms with Gasteiger partial charge in [0.15, 0.2) is 0 Å². The zero-order valence-electron chi connectivity index (χ0n) is 13.3. The van der Waals surface area contributed by atoms with E-state index in [0.717, 1.165) is 31.2 Å². The van der Waals surface area contributed by atoms with Gasteiger partial charge < -0.3 is 4.74 Å². The first-order valence-corrected chi connectivity index (χ1v) is 8.51. The fourth-order valence-electron chi connectivity index (χ4n) is 3.04. The summed E-state index contributed by atoms with van der Waals surface area (Å²) in [5.41, 5.74) is 2.10. The number of halogens is 1. The lowest BCUT2D eigenvalue weighted by Crippen LogP contribution is -2.21. The molecular formula is C18H21ClN2O2. The van der Waals surface area contributed by atoms with Crippen molar-refractivity contribution in [1.82, 2.24) is 9.78 Å². The standard InChI is InChI=1S/C18H21ClN2O2/c1-13-16(18(22)23-15-10-6-3-7-11-15)17(19)21(20-13)12-14-8-4-2-5-9-14/h2,4-5,8-9,15H,3,6-7,10-12H2,1H3. The van der Waals surface area contributed by atoms with Gasteiger partial charge in [0.2, 0.25) is 0 Å². The van der Waals surface area contributed by atoms with Crippen LogP contribution in [0.3, 0.4) is 0 Å². The second-order valence-corrected chi connectivity index (χ2v) is 6.42. The van der Waals surface area contributed by atoms with Crippen molar-refractivity contribution in [3.63, 3.8) is 0 Å². The van der Waals surface area contributed by atoms with Gasteiger partial charge in [-0.15, -0.1) is 0 Å². The molecule has 5 heteroatoms. The highest BCUT2D eigenvalue weighted by molar-refractivity contribution is 6.32. The van der Waals surface area contributed by atoms with E-state index >= 15 is 0 Å². The average molecular weight is 333 g/mol. The molecule has 0 bridgehead atoms. The number of ether oxygens (including phenoxy) is 1. The molecule has 1 aliphatic carbocycles. The molecule has 0 spiro atoms. The molecule has 0 unspecified atom stereocenters. The highest BCUT2D eigenvalue weighted by Crippen LogP contribution is 2.25. The van der Waals surface area contributed by atoms with Gasteiger partial charge in [-0.3, -0.25) is 0 Å². The third-order valence-electron chi connectivity index (χ3n) is 4.27. The molecule has 0 atom stereocenters. The number of hydrogen-bond donors (Lipinski definition) is 0. The normalized spacial score (nSPS) is 15.6. The number of benzene rings is 1. The summed E-state index contributed by atoms with van der Waals surface area (Å²) >= 11 is 6.39. The van der Waals surface area contributed by atoms with Crippen molar-refractivity contribution >= 4 is 17.6 Å². The Labute approximate surface area is 141 Å². The number of carbonyl (C=O) groups excluding carboxylic acids is 1. The van der Waals surface area contributed by atoms with E-state index in [0.29, 0.717) is 23.0 Å². The fraction of sp³-hybridized carbons (Fsp3) is 0.444. The minimum absolute atomic E-state index is 0.0178. The summed E-state index contributed by atoms with van der Waals surface area (Å²) in [4.78, 5) is 12.5. The average Bonchev–Trinajstić information content (AvgIpc) is 2.83. The Balaban J connectivity index is 1.75. The zero-order valence-corrected chi connectivity index (χ0v) is 14.1. The lowest BCUT2D eigenvalue weighted by atomic mass is 9.98. The molecule has 122 valence electrons. The van der Waals surface area contributed by atoms with E-state index in [2.05, 4.69) is 5.10 Å². The van der Waals surface area contributed by atoms with Crippen LogP contribution in [0.15, 0.2) is 30.3 Å². The van der Waals surface area contributed by atoms with E-state index in [1.807, 2.05) is 30.3 Å². The van der Waals surface area contributed by atoms with Crippen LogP contribution in [-0.2, 0) is 11.3 Å². The van der Waals surface area contributed by atoms with Crippen molar-refractivity contribution in [3.8, 4) is 0 Å². The highest BCUT2D eigenvalue weighted by Gasteiger charge is 2.25. The summed E-state index contributed by atoms with van der Waals surface area (Å²) in [6.45, 7) is 2.34. The van der Waals surface area contributed by atoms with Crippen molar-refractivity contribution in [2.75, 3.05) is 0 Å². The number of nitrogens with zero attached hydrogens (tertiary/aromatic N) is 2. The van der Waals surface area contributed by atoms with Crippen molar-refractivity contribution in [3.05, 3.63) is 52.3 Å². The lowest BCUT2D eigenvalue weighted by Gasteiger charge is -2.21. The van der Waals surface area contributed by atoms with Gasteiger partial charge >= 0.3 is 5.97 Å². The molecule has 2 aromatic rings. The molecule has 23 heavy (non-hydrogen) atoms. The quantitative estimate of drug-likeness (QED) is 0.780. The molecule has 1 aliphatic rings. The third-order valence-corrected chi connectivity index (χ3v) is 4.65. The number of hydrogen-bond acceptors (Lipinski definition) is 3. The molecule has 4 nitrogen and oxygen atoms in total. The van der Waals surface area contributed by atoms with Crippen LogP contribution in [0, 0.1) is 6.92 Å². The minimum atomic E-state index is -0.348. The number of rotatable bonds is 4. The van der Waals surface area contributed by atoms with Gasteiger partial charge in [0, 0.05) is 0 Å². The maximum absolute atomic E-state index is 12.5. The summed E-state index contributed by atoms with van der Waals surface area (Å²) < 4.78 is 7.28. The fourth-order valence-corrected chi connectivity index (χ4v) is 3.35. The van der Waals surface area contributed by atoms with Gasteiger partial charge in [0.25, 0.3) is 0 Å². The summed E-state index contributed by atoms with van der Waals surface area (Å²) in [5.74, 6) is -0.348. The van der Waals surface area contributed by atoms with Gasteiger partial charge in [-0.1, -0.05) is 48.4 Å². The Morgan fingerprint density at radius 3 is 2.65 bits per heavy atom. The Morgan fingerprint density at radius 2 is 1.96 bits per heavy atom. The lowest BCUT2D eigenvalue weighted by molar-refractivity contribution is 0.0210. The molecule has 1 fully saturated rings. The third kappa shape index (κ3) is 3.75. The zero-order chi connectivity index (χ0) is 16.2. The predicted molar refractivity (Wildman–Crippen MR) is 89.8 cm³/mol. The largest absolute Gasteiger partial charge is 0.459 e. The van der Waals surface area contributed by atoms with Crippen LogP contribution in [0.5, 0.6) is 0 Å². The number of aryl methyl sites for hydroxylation is 1. The van der Waals surface area contributed by atoms with Gasteiger partial charge in [0.05, 0.1) is 12.2 Å². The van der Waals surface area contributed by atoms with E-state index in [9.17, 15) is 4.79 Å². The second-order valence-electron chi connectivity index (χ2n) is 6.06. The van der Waals surface area contributed by atoms with Crippen LogP contribution in [0.25, 0.3) is 0 Å². The van der Waals surface area contributed by atoms with Crippen molar-refractivity contribution < 1.29 is 9.53 Å². The number of aromatic nitrogens is 2. The smallest absolute Gasteiger partial charge is 0.343 e. The molecule has 1 saturated carbocycles. The molecule has 0 saturated heterocycles. The van der Waals surface area contributed by atoms with Crippen LogP contribution >= 0.6 is 11.6 Å². The SMILES string of the molecule is Cc1nn(Cc2ccccc2)c(Cl)c1C(=O)OC1CCCCC1. The monoisotopic (exact) mass is 332 g/mol. The van der Waals surface area contributed by atoms with E-state index < -0.39 is 0 Å². The molecular weight excluding hydrogens is 312 g/mol. The molecule has 1 aromatic carbocycles. The van der Waals surface area contributed by atoms with Gasteiger partial charge in [-0.05, 0) is 38.2 Å². The maximum atomic E-state index is 12.5. The Bertz CT molecular complexity index is 676. The van der Waals surface area contributed by atoms with E-state index in [4.69, 9.17) is 16.3 Å². The molecule has 1 heterocycles. The van der Waals surface area contributed by atoms with Crippen LogP contribution in [0.1, 0.15) is 53.7 Å². The molecule has 0 aliphatic heterocycles. The molecule has 1 aromatic heterocycles. The second kappa shape index (κ2) is 7.18. The molecule has 0 amide bonds. The van der Waals surface area contributed by atoms with Gasteiger partial charge in [0.1, 0.15) is 16.8 Å². The van der Waals surface area contributed by atoms with E-state index in [1.54, 1.807) is 11.6 Å². The van der Waals surface area contributed by atoms with Crippen LogP contribution < -0.4 is 0 Å². The molecule has 0 N–H and O–H groups in total. The van der Waals surface area contributed by atoms with Crippen molar-refractivity contribution in [2.24, 2.45) is 0 Å². The summed E-state index contributed by atoms with van der Waals surface area (Å²) in [7, 11) is 0. The Kier molecular flexibility index (Phi) is 5.01. The predicted octanol–water partition coefficient (Wildman–Crippen LogP) is 4.38. The van der Waals surface area contributed by atoms with E-state index in [1.165, 1.54) is 6.42 Å². The van der Waals surface area contributed by atoms with Crippen LogP contribution in [0.4, 0.5) is 0 Å². The van der Waals surface area contributed by atoms with Crippen LogP contribution in [0.2, 0.25) is 5.15 Å². The van der Waals surface area contributed by atoms with E-state index in [-0.39, 0.29) is 12.1 Å². The summed E-state index contributed by atoms with van der Waals surface area (Å²) in [6, 6.07) is 9.92. The van der Waals surface area contributed by atoms with Gasteiger partial charge in [-0.25, -0.2) is 9.48 Å². The first-order chi connectivity index (χ1) is 11.1. The Morgan fingerprint density at radius 1 is 1.26 bits per heavy atom. The number of esters is 1. The van der Waals surface area contributed by atoms with Crippen molar-refractivity contribution in [1.29, 1.82) is 0 Å². The highest BCUT2D eigenvalue weighted by atomic mass is 35.5. The summed E-state index contributed by atoms with van der Waals surface area (Å²) in [6.07, 6.45) is 5.38. The first kappa shape index (κ1) is 16.1. The maximum Gasteiger partial charge on any atom is 0.343 e.